The standard InChI is InChI=1S/C46H92N2O4/c47-41-44-48(42-37-33-29-25-21-17-13-9-5-1-3-7-11-15-19-23-27-31-35-39-45(49)50)43-38-34-30-26-22-18-14-10-6-2-4-8-12-16-20-24-28-32-36-40-46(51)52/h1-44,47H2,(H,49,50)(H,51,52). The minimum absolute atomic E-state index is 0.337. The van der Waals surface area contributed by atoms with Crippen molar-refractivity contribution in [1.29, 1.82) is 0 Å². The molecule has 0 radical (unpaired) electrons. The highest BCUT2D eigenvalue weighted by atomic mass is 16.4. The van der Waals surface area contributed by atoms with Gasteiger partial charge in [0.1, 0.15) is 0 Å². The van der Waals surface area contributed by atoms with Gasteiger partial charge in [0.25, 0.3) is 0 Å². The number of unbranched alkanes of at least 4 members (excludes halogenated alkanes) is 36. The molecule has 0 aliphatic carbocycles. The first-order chi connectivity index (χ1) is 25.6. The molecule has 0 saturated heterocycles. The second-order valence-electron chi connectivity index (χ2n) is 16.4. The zero-order chi connectivity index (χ0) is 37.8. The van der Waals surface area contributed by atoms with Gasteiger partial charge < -0.3 is 20.8 Å². The molecule has 0 bridgehead atoms. The quantitative estimate of drug-likeness (QED) is 0.0538. The molecular formula is C46H92N2O4. The molecule has 52 heavy (non-hydrogen) atoms. The molecule has 0 aliphatic rings. The van der Waals surface area contributed by atoms with Crippen LogP contribution in [0.3, 0.4) is 0 Å². The van der Waals surface area contributed by atoms with Gasteiger partial charge in [0, 0.05) is 25.9 Å². The smallest absolute Gasteiger partial charge is 0.303 e. The van der Waals surface area contributed by atoms with E-state index in [1.165, 1.54) is 231 Å². The van der Waals surface area contributed by atoms with Crippen LogP contribution >= 0.6 is 0 Å². The Morgan fingerprint density at radius 1 is 0.288 bits per heavy atom. The van der Waals surface area contributed by atoms with E-state index >= 15 is 0 Å². The summed E-state index contributed by atoms with van der Waals surface area (Å²) in [5.41, 5.74) is 5.93. The van der Waals surface area contributed by atoms with Crippen LogP contribution in [0, 0.1) is 0 Å². The molecule has 6 heteroatoms. The molecule has 0 aromatic carbocycles. The summed E-state index contributed by atoms with van der Waals surface area (Å²) in [6, 6.07) is 0. The molecule has 0 unspecified atom stereocenters. The molecule has 0 atom stereocenters. The fourth-order valence-corrected chi connectivity index (χ4v) is 7.75. The minimum atomic E-state index is -0.655. The van der Waals surface area contributed by atoms with Crippen molar-refractivity contribution in [2.45, 2.75) is 257 Å². The molecular weight excluding hydrogens is 645 g/mol. The first kappa shape index (κ1) is 50.9. The van der Waals surface area contributed by atoms with Crippen molar-refractivity contribution >= 4 is 11.9 Å². The zero-order valence-electron chi connectivity index (χ0n) is 34.8. The Hall–Kier alpha value is -1.14. The number of rotatable bonds is 46. The number of hydrogen-bond acceptors (Lipinski definition) is 4. The number of nitrogens with two attached hydrogens (primary N) is 1. The molecule has 0 spiro atoms. The van der Waals surface area contributed by atoms with E-state index in [0.717, 1.165) is 38.8 Å². The predicted molar refractivity (Wildman–Crippen MR) is 225 cm³/mol. The van der Waals surface area contributed by atoms with Crippen LogP contribution in [0.15, 0.2) is 0 Å². The van der Waals surface area contributed by atoms with Crippen molar-refractivity contribution in [3.05, 3.63) is 0 Å². The normalized spacial score (nSPS) is 11.6. The maximum Gasteiger partial charge on any atom is 0.303 e. The SMILES string of the molecule is NCCN(CCCCCCCCCCCCCCCCCCCCCC(=O)O)CCCCCCCCCCCCCCCCCCCCCC(=O)O. The Labute approximate surface area is 324 Å². The van der Waals surface area contributed by atoms with Crippen LogP contribution in [0.2, 0.25) is 0 Å². The number of nitrogens with zero attached hydrogens (tertiary/aromatic N) is 1. The molecule has 4 N–H and O–H groups in total. The van der Waals surface area contributed by atoms with Crippen LogP contribution in [0.4, 0.5) is 0 Å². The summed E-state index contributed by atoms with van der Waals surface area (Å²) in [4.78, 5) is 23.7. The Kier molecular flexibility index (Phi) is 43.3. The van der Waals surface area contributed by atoms with Crippen molar-refractivity contribution < 1.29 is 19.8 Å². The lowest BCUT2D eigenvalue weighted by Crippen LogP contribution is -2.31. The summed E-state index contributed by atoms with van der Waals surface area (Å²) < 4.78 is 0. The summed E-state index contributed by atoms with van der Waals surface area (Å²) in [6.07, 6.45) is 51.4. The lowest BCUT2D eigenvalue weighted by Gasteiger charge is -2.21. The Bertz CT molecular complexity index is 662. The maximum atomic E-state index is 10.5. The minimum Gasteiger partial charge on any atom is -0.481 e. The zero-order valence-corrected chi connectivity index (χ0v) is 34.8. The van der Waals surface area contributed by atoms with E-state index in [9.17, 15) is 9.59 Å². The van der Waals surface area contributed by atoms with E-state index in [2.05, 4.69) is 4.90 Å². The lowest BCUT2D eigenvalue weighted by molar-refractivity contribution is -0.138. The van der Waals surface area contributed by atoms with Gasteiger partial charge in [-0.1, -0.05) is 218 Å². The van der Waals surface area contributed by atoms with Crippen molar-refractivity contribution in [3.8, 4) is 0 Å². The molecule has 0 heterocycles. The van der Waals surface area contributed by atoms with E-state index in [1.54, 1.807) is 0 Å². The Morgan fingerprint density at radius 3 is 0.635 bits per heavy atom. The van der Waals surface area contributed by atoms with Gasteiger partial charge in [-0.25, -0.2) is 0 Å². The van der Waals surface area contributed by atoms with Crippen molar-refractivity contribution in [2.75, 3.05) is 26.2 Å². The molecule has 0 aromatic heterocycles. The summed E-state index contributed by atoms with van der Waals surface area (Å²) in [6.45, 7) is 4.33. The Morgan fingerprint density at radius 2 is 0.462 bits per heavy atom. The fraction of sp³-hybridized carbons (Fsp3) is 0.957. The molecule has 0 fully saturated rings. The van der Waals surface area contributed by atoms with E-state index in [1.807, 2.05) is 0 Å². The third-order valence-electron chi connectivity index (χ3n) is 11.2. The summed E-state index contributed by atoms with van der Waals surface area (Å²) >= 11 is 0. The molecule has 0 aromatic rings. The van der Waals surface area contributed by atoms with Crippen LogP contribution in [-0.2, 0) is 9.59 Å². The van der Waals surface area contributed by atoms with E-state index in [4.69, 9.17) is 15.9 Å². The maximum absolute atomic E-state index is 10.5. The molecule has 0 amide bonds. The topological polar surface area (TPSA) is 104 Å². The van der Waals surface area contributed by atoms with Crippen LogP contribution < -0.4 is 5.73 Å². The van der Waals surface area contributed by atoms with Crippen LogP contribution in [-0.4, -0.2) is 53.2 Å². The van der Waals surface area contributed by atoms with Gasteiger partial charge in [-0.15, -0.1) is 0 Å². The summed E-state index contributed by atoms with van der Waals surface area (Å²) in [5, 5.41) is 17.3. The fourth-order valence-electron chi connectivity index (χ4n) is 7.75. The van der Waals surface area contributed by atoms with Crippen LogP contribution in [0.1, 0.15) is 257 Å². The highest BCUT2D eigenvalue weighted by Gasteiger charge is 2.04. The highest BCUT2D eigenvalue weighted by molar-refractivity contribution is 5.66. The molecule has 0 aliphatic heterocycles. The monoisotopic (exact) mass is 737 g/mol. The van der Waals surface area contributed by atoms with Gasteiger partial charge in [0.05, 0.1) is 0 Å². The molecule has 0 rings (SSSR count). The van der Waals surface area contributed by atoms with Crippen LogP contribution in [0.5, 0.6) is 0 Å². The second-order valence-corrected chi connectivity index (χ2v) is 16.4. The average molecular weight is 737 g/mol. The second kappa shape index (κ2) is 44.3. The molecule has 6 nitrogen and oxygen atoms in total. The number of carboxylic acid groups (broad SMARTS) is 2. The van der Waals surface area contributed by atoms with Crippen LogP contribution in [0.25, 0.3) is 0 Å². The van der Waals surface area contributed by atoms with Crippen molar-refractivity contribution in [2.24, 2.45) is 5.73 Å². The molecule has 310 valence electrons. The lowest BCUT2D eigenvalue weighted by atomic mass is 10.0. The van der Waals surface area contributed by atoms with E-state index in [-0.39, 0.29) is 0 Å². The highest BCUT2D eigenvalue weighted by Crippen LogP contribution is 2.17. The third-order valence-corrected chi connectivity index (χ3v) is 11.2. The van der Waals surface area contributed by atoms with Crippen molar-refractivity contribution in [3.63, 3.8) is 0 Å². The summed E-state index contributed by atoms with van der Waals surface area (Å²) in [5.74, 6) is -1.31. The van der Waals surface area contributed by atoms with Gasteiger partial charge in [-0.05, 0) is 38.8 Å². The van der Waals surface area contributed by atoms with Gasteiger partial charge in [-0.3, -0.25) is 9.59 Å². The average Bonchev–Trinajstić information content (AvgIpc) is 3.12. The van der Waals surface area contributed by atoms with Gasteiger partial charge in [0.2, 0.25) is 0 Å². The molecule has 0 saturated carbocycles. The number of carboxylic acids is 2. The Balaban J connectivity index is 3.33. The van der Waals surface area contributed by atoms with Gasteiger partial charge >= 0.3 is 11.9 Å². The first-order valence-corrected chi connectivity index (χ1v) is 23.4. The van der Waals surface area contributed by atoms with E-state index < -0.39 is 11.9 Å². The first-order valence-electron chi connectivity index (χ1n) is 23.4. The van der Waals surface area contributed by atoms with Gasteiger partial charge in [-0.2, -0.15) is 0 Å². The van der Waals surface area contributed by atoms with Gasteiger partial charge in [0.15, 0.2) is 0 Å². The third kappa shape index (κ3) is 45.0. The summed E-state index contributed by atoms with van der Waals surface area (Å²) in [7, 11) is 0. The largest absolute Gasteiger partial charge is 0.481 e. The van der Waals surface area contributed by atoms with Crippen molar-refractivity contribution in [1.82, 2.24) is 4.90 Å². The predicted octanol–water partition coefficient (Wildman–Crippen LogP) is 14.0. The number of hydrogen-bond donors (Lipinski definition) is 3. The number of aliphatic carboxylic acids is 2. The number of carbonyl (C=O) groups is 2. The van der Waals surface area contributed by atoms with E-state index in [0.29, 0.717) is 12.8 Å².